The first-order valence-corrected chi connectivity index (χ1v) is 8.91. The van der Waals surface area contributed by atoms with Crippen LogP contribution in [0, 0.1) is 15.9 Å². The number of phenols is 2. The standard InChI is InChI=1S/C19H18FN3O7/c1-3-4-7-29-17-11(9-14(28-2)16(25)15(17)23(26)27)19-21-18(22-30-19)10-5-6-12(20)13(24)8-10/h5-6,8-9,24-25H,3-4,7H2,1-2H3. The number of aromatic hydroxyl groups is 2. The molecule has 0 saturated carbocycles. The minimum absolute atomic E-state index is 0.00880. The molecule has 3 rings (SSSR count). The van der Waals surface area contributed by atoms with Crippen LogP contribution in [0.4, 0.5) is 10.1 Å². The summed E-state index contributed by atoms with van der Waals surface area (Å²) in [7, 11) is 1.24. The van der Waals surface area contributed by atoms with Gasteiger partial charge in [0.05, 0.1) is 24.2 Å². The molecule has 158 valence electrons. The van der Waals surface area contributed by atoms with E-state index in [9.17, 15) is 24.7 Å². The highest BCUT2D eigenvalue weighted by Gasteiger charge is 2.32. The zero-order valence-corrected chi connectivity index (χ0v) is 16.1. The fraction of sp³-hybridized carbons (Fsp3) is 0.263. The van der Waals surface area contributed by atoms with Crippen molar-refractivity contribution in [2.45, 2.75) is 19.8 Å². The number of unbranched alkanes of at least 4 members (excludes halogenated alkanes) is 1. The number of hydrogen-bond donors (Lipinski definition) is 2. The fourth-order valence-electron chi connectivity index (χ4n) is 2.67. The number of halogens is 1. The Labute approximate surface area is 169 Å². The predicted molar refractivity (Wildman–Crippen MR) is 102 cm³/mol. The number of nitro benzene ring substituents is 1. The molecule has 0 fully saturated rings. The van der Waals surface area contributed by atoms with Crippen molar-refractivity contribution in [3.05, 3.63) is 40.2 Å². The molecule has 0 aliphatic rings. The average molecular weight is 419 g/mol. The predicted octanol–water partition coefficient (Wildman–Crippen LogP) is 4.05. The highest BCUT2D eigenvalue weighted by molar-refractivity contribution is 5.78. The molecule has 11 heteroatoms. The van der Waals surface area contributed by atoms with Crippen molar-refractivity contribution in [2.24, 2.45) is 0 Å². The number of rotatable bonds is 8. The van der Waals surface area contributed by atoms with Crippen LogP contribution in [0.5, 0.6) is 23.0 Å². The van der Waals surface area contributed by atoms with Crippen molar-refractivity contribution in [1.82, 2.24) is 10.1 Å². The summed E-state index contributed by atoms with van der Waals surface area (Å²) in [5, 5.41) is 35.2. The molecule has 0 unspecified atom stereocenters. The van der Waals surface area contributed by atoms with Crippen LogP contribution in [-0.4, -0.2) is 39.0 Å². The van der Waals surface area contributed by atoms with Gasteiger partial charge in [0.1, 0.15) is 0 Å². The quantitative estimate of drug-likeness (QED) is 0.314. The zero-order chi connectivity index (χ0) is 21.8. The van der Waals surface area contributed by atoms with Crippen molar-refractivity contribution in [3.8, 4) is 45.8 Å². The monoisotopic (exact) mass is 419 g/mol. The van der Waals surface area contributed by atoms with E-state index in [1.165, 1.54) is 19.2 Å². The molecule has 10 nitrogen and oxygen atoms in total. The smallest absolute Gasteiger partial charge is 0.356 e. The van der Waals surface area contributed by atoms with E-state index in [2.05, 4.69) is 10.1 Å². The van der Waals surface area contributed by atoms with Gasteiger partial charge in [-0.3, -0.25) is 10.1 Å². The van der Waals surface area contributed by atoms with Crippen LogP contribution in [-0.2, 0) is 0 Å². The number of nitro groups is 1. The van der Waals surface area contributed by atoms with Gasteiger partial charge in [-0.05, 0) is 24.6 Å². The third kappa shape index (κ3) is 3.95. The third-order valence-corrected chi connectivity index (χ3v) is 4.20. The summed E-state index contributed by atoms with van der Waals surface area (Å²) in [5.74, 6) is -2.67. The van der Waals surface area contributed by atoms with Gasteiger partial charge >= 0.3 is 5.69 Å². The van der Waals surface area contributed by atoms with E-state index in [-0.39, 0.29) is 40.9 Å². The van der Waals surface area contributed by atoms with E-state index >= 15 is 0 Å². The number of ether oxygens (including phenoxy) is 2. The maximum absolute atomic E-state index is 13.3. The molecule has 0 radical (unpaired) electrons. The Hall–Kier alpha value is -3.89. The van der Waals surface area contributed by atoms with Gasteiger partial charge in [-0.15, -0.1) is 0 Å². The van der Waals surface area contributed by atoms with E-state index in [4.69, 9.17) is 14.0 Å². The van der Waals surface area contributed by atoms with Crippen molar-refractivity contribution in [1.29, 1.82) is 0 Å². The first-order chi connectivity index (χ1) is 14.4. The van der Waals surface area contributed by atoms with Crippen molar-refractivity contribution >= 4 is 5.69 Å². The Bertz CT molecular complexity index is 1080. The lowest BCUT2D eigenvalue weighted by Gasteiger charge is -2.12. The topological polar surface area (TPSA) is 141 Å². The minimum Gasteiger partial charge on any atom is -0.505 e. The van der Waals surface area contributed by atoms with E-state index in [1.54, 1.807) is 0 Å². The minimum atomic E-state index is -0.812. The SMILES string of the molecule is CCCCOc1c(-c2nc(-c3ccc(F)c(O)c3)no2)cc(OC)c(O)c1[N+](=O)[O-]. The van der Waals surface area contributed by atoms with E-state index in [0.717, 1.165) is 18.6 Å². The van der Waals surface area contributed by atoms with Gasteiger partial charge < -0.3 is 24.2 Å². The second-order valence-corrected chi connectivity index (χ2v) is 6.20. The molecule has 0 bridgehead atoms. The number of hydrogen-bond acceptors (Lipinski definition) is 9. The third-order valence-electron chi connectivity index (χ3n) is 4.20. The largest absolute Gasteiger partial charge is 0.505 e. The summed E-state index contributed by atoms with van der Waals surface area (Å²) < 4.78 is 29.1. The number of benzene rings is 2. The molecule has 30 heavy (non-hydrogen) atoms. The van der Waals surface area contributed by atoms with Crippen LogP contribution in [0.3, 0.4) is 0 Å². The van der Waals surface area contributed by atoms with Gasteiger partial charge in [-0.1, -0.05) is 18.5 Å². The fourth-order valence-corrected chi connectivity index (χ4v) is 2.67. The number of nitrogens with zero attached hydrogens (tertiary/aromatic N) is 3. The molecule has 0 amide bonds. The maximum Gasteiger partial charge on any atom is 0.356 e. The van der Waals surface area contributed by atoms with Gasteiger partial charge in [0.25, 0.3) is 5.89 Å². The molecule has 0 aliphatic heterocycles. The Kier molecular flexibility index (Phi) is 6.00. The highest BCUT2D eigenvalue weighted by Crippen LogP contribution is 2.49. The number of methoxy groups -OCH3 is 1. The lowest BCUT2D eigenvalue weighted by molar-refractivity contribution is -0.386. The first kappa shape index (κ1) is 20.8. The Morgan fingerprint density at radius 3 is 2.70 bits per heavy atom. The summed E-state index contributed by atoms with van der Waals surface area (Å²) in [4.78, 5) is 15.0. The lowest BCUT2D eigenvalue weighted by atomic mass is 10.1. The average Bonchev–Trinajstić information content (AvgIpc) is 3.20. The Morgan fingerprint density at radius 2 is 2.07 bits per heavy atom. The van der Waals surface area contributed by atoms with Crippen LogP contribution in [0.1, 0.15) is 19.8 Å². The van der Waals surface area contributed by atoms with Crippen molar-refractivity contribution in [3.63, 3.8) is 0 Å². The lowest BCUT2D eigenvalue weighted by Crippen LogP contribution is -2.03. The molecule has 1 heterocycles. The van der Waals surface area contributed by atoms with E-state index in [0.29, 0.717) is 6.42 Å². The van der Waals surface area contributed by atoms with Gasteiger partial charge in [0.2, 0.25) is 17.3 Å². The molecular weight excluding hydrogens is 401 g/mol. The molecule has 2 aromatic carbocycles. The van der Waals surface area contributed by atoms with Gasteiger partial charge in [-0.2, -0.15) is 4.98 Å². The summed E-state index contributed by atoms with van der Waals surface area (Å²) in [6, 6.07) is 4.77. The van der Waals surface area contributed by atoms with E-state index < -0.39 is 27.9 Å². The number of phenolic OH excluding ortho intramolecular Hbond substituents is 2. The molecule has 3 aromatic rings. The first-order valence-electron chi connectivity index (χ1n) is 8.91. The zero-order valence-electron chi connectivity index (χ0n) is 16.1. The highest BCUT2D eigenvalue weighted by atomic mass is 19.1. The van der Waals surface area contributed by atoms with Crippen LogP contribution in [0.15, 0.2) is 28.8 Å². The molecular formula is C19H18FN3O7. The van der Waals surface area contributed by atoms with Crippen molar-refractivity contribution in [2.75, 3.05) is 13.7 Å². The van der Waals surface area contributed by atoms with E-state index in [1.807, 2.05) is 6.92 Å². The molecule has 0 atom stereocenters. The van der Waals surface area contributed by atoms with Gasteiger partial charge in [0.15, 0.2) is 17.3 Å². The molecule has 0 spiro atoms. The van der Waals surface area contributed by atoms with Gasteiger partial charge in [-0.25, -0.2) is 4.39 Å². The maximum atomic E-state index is 13.3. The normalized spacial score (nSPS) is 10.8. The molecule has 0 saturated heterocycles. The van der Waals surface area contributed by atoms with Crippen molar-refractivity contribution < 1.29 is 33.5 Å². The van der Waals surface area contributed by atoms with Crippen LogP contribution in [0.2, 0.25) is 0 Å². The summed E-state index contributed by atoms with van der Waals surface area (Å²) >= 11 is 0. The van der Waals surface area contributed by atoms with Crippen LogP contribution < -0.4 is 9.47 Å². The second-order valence-electron chi connectivity index (χ2n) is 6.20. The number of aromatic nitrogens is 2. The van der Waals surface area contributed by atoms with Crippen LogP contribution >= 0.6 is 0 Å². The molecule has 1 aromatic heterocycles. The van der Waals surface area contributed by atoms with Gasteiger partial charge in [0, 0.05) is 11.6 Å². The van der Waals surface area contributed by atoms with Crippen LogP contribution in [0.25, 0.3) is 22.8 Å². The summed E-state index contributed by atoms with van der Waals surface area (Å²) in [6.45, 7) is 2.08. The Morgan fingerprint density at radius 1 is 1.30 bits per heavy atom. The molecule has 0 aliphatic carbocycles. The molecule has 2 N–H and O–H groups in total. The summed E-state index contributed by atoms with van der Waals surface area (Å²) in [6.07, 6.45) is 1.40. The second kappa shape index (κ2) is 8.64. The summed E-state index contributed by atoms with van der Waals surface area (Å²) in [5.41, 5.74) is -0.394. The Balaban J connectivity index is 2.14.